The highest BCUT2D eigenvalue weighted by Crippen LogP contribution is 2.32. The third kappa shape index (κ3) is 1.50. The van der Waals surface area contributed by atoms with E-state index in [1.54, 1.807) is 0 Å². The van der Waals surface area contributed by atoms with Gasteiger partial charge in [0.2, 0.25) is 0 Å². The van der Waals surface area contributed by atoms with Gasteiger partial charge in [-0.25, -0.2) is 0 Å². The van der Waals surface area contributed by atoms with Gasteiger partial charge in [-0.2, -0.15) is 0 Å². The molecule has 0 aliphatic rings. The fourth-order valence-electron chi connectivity index (χ4n) is 1.63. The lowest BCUT2D eigenvalue weighted by Crippen LogP contribution is -2.07. The number of anilines is 1. The van der Waals surface area contributed by atoms with Crippen LogP contribution >= 0.6 is 11.3 Å². The van der Waals surface area contributed by atoms with E-state index in [-0.39, 0.29) is 0 Å². The molecule has 2 rings (SSSR count). The number of hydrogen-bond donors (Lipinski definition) is 0. The van der Waals surface area contributed by atoms with Gasteiger partial charge < -0.3 is 4.90 Å². The van der Waals surface area contributed by atoms with Gasteiger partial charge in [-0.05, 0) is 24.1 Å². The van der Waals surface area contributed by atoms with Crippen molar-refractivity contribution in [1.29, 1.82) is 0 Å². The van der Waals surface area contributed by atoms with Crippen molar-refractivity contribution in [3.63, 3.8) is 0 Å². The summed E-state index contributed by atoms with van der Waals surface area (Å²) in [5, 5.41) is 3.61. The molecule has 0 saturated heterocycles. The molecule has 0 spiro atoms. The van der Waals surface area contributed by atoms with E-state index in [4.69, 9.17) is 0 Å². The number of aryl methyl sites for hydroxylation is 1. The number of rotatable bonds is 2. The summed E-state index contributed by atoms with van der Waals surface area (Å²) in [6.45, 7) is 2.20. The first-order valence-corrected chi connectivity index (χ1v) is 5.77. The van der Waals surface area contributed by atoms with Gasteiger partial charge in [0.15, 0.2) is 0 Å². The van der Waals surface area contributed by atoms with Crippen molar-refractivity contribution < 1.29 is 0 Å². The Morgan fingerprint density at radius 1 is 1.29 bits per heavy atom. The normalized spacial score (nSPS) is 10.8. The number of fused-ring (bicyclic) bond motifs is 1. The fraction of sp³-hybridized carbons (Fsp3) is 0.333. The molecule has 0 atom stereocenters. The van der Waals surface area contributed by atoms with Crippen LogP contribution in [0, 0.1) is 0 Å². The monoisotopic (exact) mass is 205 g/mol. The van der Waals surface area contributed by atoms with Crippen molar-refractivity contribution in [2.24, 2.45) is 0 Å². The first-order valence-electron chi connectivity index (χ1n) is 4.90. The predicted molar refractivity (Wildman–Crippen MR) is 65.5 cm³/mol. The Bertz CT molecular complexity index is 443. The third-order valence-electron chi connectivity index (χ3n) is 2.51. The van der Waals surface area contributed by atoms with E-state index in [2.05, 4.69) is 49.5 Å². The van der Waals surface area contributed by atoms with Crippen molar-refractivity contribution in [3.8, 4) is 0 Å². The second kappa shape index (κ2) is 3.62. The summed E-state index contributed by atoms with van der Waals surface area (Å²) in [5.41, 5.74) is 2.75. The van der Waals surface area contributed by atoms with E-state index in [1.165, 1.54) is 21.3 Å². The molecule has 74 valence electrons. The molecule has 0 aliphatic carbocycles. The van der Waals surface area contributed by atoms with Crippen LogP contribution in [0.15, 0.2) is 23.6 Å². The summed E-state index contributed by atoms with van der Waals surface area (Å²) >= 11 is 1.82. The Morgan fingerprint density at radius 3 is 2.71 bits per heavy atom. The molecule has 14 heavy (non-hydrogen) atoms. The minimum atomic E-state index is 1.11. The van der Waals surface area contributed by atoms with Crippen LogP contribution in [-0.4, -0.2) is 14.1 Å². The molecule has 1 aromatic carbocycles. The van der Waals surface area contributed by atoms with Crippen LogP contribution < -0.4 is 4.90 Å². The average molecular weight is 205 g/mol. The Labute approximate surface area is 89.0 Å². The topological polar surface area (TPSA) is 3.24 Å². The maximum absolute atomic E-state index is 2.31. The van der Waals surface area contributed by atoms with Crippen molar-refractivity contribution >= 4 is 27.1 Å². The highest BCUT2D eigenvalue weighted by atomic mass is 32.1. The smallest absolute Gasteiger partial charge is 0.0549 e. The maximum atomic E-state index is 2.31. The lowest BCUT2D eigenvalue weighted by Gasteiger charge is -2.10. The van der Waals surface area contributed by atoms with E-state index in [0.717, 1.165) is 6.42 Å². The van der Waals surface area contributed by atoms with E-state index in [0.29, 0.717) is 0 Å². The van der Waals surface area contributed by atoms with Crippen LogP contribution in [0.3, 0.4) is 0 Å². The van der Waals surface area contributed by atoms with Gasteiger partial charge >= 0.3 is 0 Å². The van der Waals surface area contributed by atoms with Gasteiger partial charge in [-0.15, -0.1) is 11.3 Å². The highest BCUT2D eigenvalue weighted by molar-refractivity contribution is 7.17. The number of nitrogens with zero attached hydrogens (tertiary/aromatic N) is 1. The van der Waals surface area contributed by atoms with Crippen LogP contribution in [-0.2, 0) is 6.42 Å². The zero-order chi connectivity index (χ0) is 10.1. The summed E-state index contributed by atoms with van der Waals surface area (Å²) in [4.78, 5) is 2.18. The molecule has 0 radical (unpaired) electrons. The molecule has 2 aromatic rings. The quantitative estimate of drug-likeness (QED) is 0.725. The lowest BCUT2D eigenvalue weighted by molar-refractivity contribution is 1.14. The summed E-state index contributed by atoms with van der Waals surface area (Å²) in [6, 6.07) is 6.76. The predicted octanol–water partition coefficient (Wildman–Crippen LogP) is 3.53. The van der Waals surface area contributed by atoms with Crippen molar-refractivity contribution in [1.82, 2.24) is 0 Å². The second-order valence-electron chi connectivity index (χ2n) is 3.70. The Morgan fingerprint density at radius 2 is 2.07 bits per heavy atom. The zero-order valence-electron chi connectivity index (χ0n) is 8.87. The second-order valence-corrected chi connectivity index (χ2v) is 4.61. The van der Waals surface area contributed by atoms with Gasteiger partial charge in [0.1, 0.15) is 0 Å². The molecule has 1 heterocycles. The van der Waals surface area contributed by atoms with Crippen molar-refractivity contribution in [2.75, 3.05) is 19.0 Å². The van der Waals surface area contributed by atoms with Crippen LogP contribution in [0.25, 0.3) is 10.1 Å². The molecule has 1 nitrogen and oxygen atoms in total. The molecule has 2 heteroatoms. The minimum Gasteiger partial charge on any atom is -0.376 e. The Kier molecular flexibility index (Phi) is 2.46. The summed E-state index contributed by atoms with van der Waals surface area (Å²) in [6.07, 6.45) is 1.11. The molecule has 0 amide bonds. The number of hydrogen-bond acceptors (Lipinski definition) is 2. The number of benzene rings is 1. The molecule has 0 saturated carbocycles. The van der Waals surface area contributed by atoms with E-state index >= 15 is 0 Å². The first-order chi connectivity index (χ1) is 6.72. The van der Waals surface area contributed by atoms with Gasteiger partial charge in [0.25, 0.3) is 0 Å². The van der Waals surface area contributed by atoms with Crippen molar-refractivity contribution in [2.45, 2.75) is 13.3 Å². The SMILES string of the molecule is CCc1ccc2scc(N(C)C)c2c1. The standard InChI is InChI=1S/C12H15NS/c1-4-9-5-6-12-10(7-9)11(8-14-12)13(2)3/h5-8H,4H2,1-3H3. The first kappa shape index (κ1) is 9.53. The minimum absolute atomic E-state index is 1.11. The largest absolute Gasteiger partial charge is 0.376 e. The molecular formula is C12H15NS. The fourth-order valence-corrected chi connectivity index (χ4v) is 2.64. The van der Waals surface area contributed by atoms with E-state index in [9.17, 15) is 0 Å². The lowest BCUT2D eigenvalue weighted by atomic mass is 10.1. The van der Waals surface area contributed by atoms with Gasteiger partial charge in [0.05, 0.1) is 5.69 Å². The Balaban J connectivity index is 2.63. The maximum Gasteiger partial charge on any atom is 0.0549 e. The molecular weight excluding hydrogens is 190 g/mol. The molecule has 1 aromatic heterocycles. The number of thiophene rings is 1. The molecule has 0 bridgehead atoms. The van der Waals surface area contributed by atoms with Gasteiger partial charge in [0, 0.05) is 29.6 Å². The molecule has 0 N–H and O–H groups in total. The van der Waals surface area contributed by atoms with Crippen LogP contribution in [0.2, 0.25) is 0 Å². The van der Waals surface area contributed by atoms with E-state index in [1.807, 2.05) is 11.3 Å². The molecule has 0 fully saturated rings. The van der Waals surface area contributed by atoms with Crippen LogP contribution in [0.1, 0.15) is 12.5 Å². The molecule has 0 unspecified atom stereocenters. The van der Waals surface area contributed by atoms with Crippen LogP contribution in [0.5, 0.6) is 0 Å². The average Bonchev–Trinajstić information content (AvgIpc) is 2.59. The van der Waals surface area contributed by atoms with Gasteiger partial charge in [-0.1, -0.05) is 13.0 Å². The summed E-state index contributed by atoms with van der Waals surface area (Å²) in [7, 11) is 4.19. The zero-order valence-corrected chi connectivity index (χ0v) is 9.69. The Hall–Kier alpha value is -1.02. The van der Waals surface area contributed by atoms with Crippen LogP contribution in [0.4, 0.5) is 5.69 Å². The van der Waals surface area contributed by atoms with Gasteiger partial charge in [-0.3, -0.25) is 0 Å². The summed E-state index contributed by atoms with van der Waals surface area (Å²) < 4.78 is 1.38. The van der Waals surface area contributed by atoms with Crippen molar-refractivity contribution in [3.05, 3.63) is 29.1 Å². The summed E-state index contributed by atoms with van der Waals surface area (Å²) in [5.74, 6) is 0. The highest BCUT2D eigenvalue weighted by Gasteiger charge is 2.05. The third-order valence-corrected chi connectivity index (χ3v) is 3.46. The van der Waals surface area contributed by atoms with E-state index < -0.39 is 0 Å². The molecule has 0 aliphatic heterocycles.